The molecule has 6 nitrogen and oxygen atoms in total. The second kappa shape index (κ2) is 9.95. The summed E-state index contributed by atoms with van der Waals surface area (Å²) in [4.78, 5) is 18.0. The highest BCUT2D eigenvalue weighted by Gasteiger charge is 2.53. The molecule has 2 aromatic heterocycles. The number of fused-ring (bicyclic) bond motifs is 5. The van der Waals surface area contributed by atoms with Crippen LogP contribution in [0.2, 0.25) is 5.02 Å². The quantitative estimate of drug-likeness (QED) is 0.254. The zero-order valence-corrected chi connectivity index (χ0v) is 23.8. The molecule has 5 heterocycles. The minimum Gasteiger partial charge on any atom is -0.461 e. The van der Waals surface area contributed by atoms with Crippen molar-refractivity contribution >= 4 is 39.1 Å². The number of hydrogen-bond donors (Lipinski definition) is 0. The molecular formula is C32H31ClF3N5O. The van der Waals surface area contributed by atoms with E-state index in [4.69, 9.17) is 21.3 Å². The normalized spacial score (nSPS) is 29.1. The van der Waals surface area contributed by atoms with Crippen molar-refractivity contribution in [2.45, 2.75) is 50.0 Å². The Morgan fingerprint density at radius 1 is 0.952 bits per heavy atom. The van der Waals surface area contributed by atoms with Crippen molar-refractivity contribution in [3.63, 3.8) is 0 Å². The van der Waals surface area contributed by atoms with Crippen molar-refractivity contribution < 1.29 is 17.9 Å². The van der Waals surface area contributed by atoms with Crippen LogP contribution >= 0.6 is 11.6 Å². The van der Waals surface area contributed by atoms with E-state index in [-0.39, 0.29) is 49.8 Å². The first-order valence-corrected chi connectivity index (χ1v) is 15.2. The molecule has 4 fully saturated rings. The number of anilines is 1. The number of piperidine rings is 1. The Morgan fingerprint density at radius 3 is 2.40 bits per heavy atom. The zero-order valence-electron chi connectivity index (χ0n) is 23.1. The molecule has 0 N–H and O–H groups in total. The summed E-state index contributed by atoms with van der Waals surface area (Å²) in [6.07, 6.45) is 3.55. The van der Waals surface area contributed by atoms with Gasteiger partial charge < -0.3 is 9.64 Å². The summed E-state index contributed by atoms with van der Waals surface area (Å²) >= 11 is 6.58. The topological polar surface area (TPSA) is 54.4 Å². The van der Waals surface area contributed by atoms with Gasteiger partial charge in [-0.25, -0.2) is 13.2 Å². The number of aromatic nitrogens is 3. The SMILES string of the molecule is Fc1c(-c2cccc3cccc(Cl)c23)ncc2c(N3CC4CCC(C4)C3)nc(OCC34CC(F)CN3CC(F)C4)nc12. The molecule has 10 heteroatoms. The van der Waals surface area contributed by atoms with Gasteiger partial charge in [0, 0.05) is 61.2 Å². The molecular weight excluding hydrogens is 563 g/mol. The van der Waals surface area contributed by atoms with Crippen LogP contribution in [0.1, 0.15) is 32.1 Å². The molecule has 0 radical (unpaired) electrons. The lowest BCUT2D eigenvalue weighted by Gasteiger charge is -2.34. The molecule has 0 amide bonds. The van der Waals surface area contributed by atoms with Crippen LogP contribution in [0.5, 0.6) is 6.01 Å². The highest BCUT2D eigenvalue weighted by atomic mass is 35.5. The lowest BCUT2D eigenvalue weighted by molar-refractivity contribution is 0.107. The largest absolute Gasteiger partial charge is 0.461 e. The second-order valence-electron chi connectivity index (χ2n) is 12.6. The van der Waals surface area contributed by atoms with Gasteiger partial charge in [-0.1, -0.05) is 41.9 Å². The summed E-state index contributed by atoms with van der Waals surface area (Å²) in [7, 11) is 0. The van der Waals surface area contributed by atoms with Gasteiger partial charge in [-0.15, -0.1) is 0 Å². The highest BCUT2D eigenvalue weighted by molar-refractivity contribution is 6.36. The predicted molar refractivity (Wildman–Crippen MR) is 157 cm³/mol. The summed E-state index contributed by atoms with van der Waals surface area (Å²) in [6.45, 7) is 2.09. The van der Waals surface area contributed by atoms with E-state index in [1.165, 1.54) is 19.3 Å². The van der Waals surface area contributed by atoms with Crippen LogP contribution in [0.3, 0.4) is 0 Å². The summed E-state index contributed by atoms with van der Waals surface area (Å²) < 4.78 is 51.6. The molecule has 2 bridgehead atoms. The fourth-order valence-electron chi connectivity index (χ4n) is 8.03. The van der Waals surface area contributed by atoms with E-state index in [1.807, 2.05) is 35.2 Å². The van der Waals surface area contributed by atoms with E-state index < -0.39 is 23.7 Å². The number of nitrogens with zero attached hydrogens (tertiary/aromatic N) is 5. The minimum absolute atomic E-state index is 0.0152. The first-order valence-electron chi connectivity index (χ1n) is 14.8. The number of rotatable bonds is 5. The smallest absolute Gasteiger partial charge is 0.319 e. The fraction of sp³-hybridized carbons (Fsp3) is 0.469. The maximum atomic E-state index is 16.6. The van der Waals surface area contributed by atoms with Crippen molar-refractivity contribution in [3.8, 4) is 17.3 Å². The molecule has 8 rings (SSSR count). The third-order valence-corrected chi connectivity index (χ3v) is 10.2. The van der Waals surface area contributed by atoms with Gasteiger partial charge in [0.25, 0.3) is 0 Å². The Bertz CT molecular complexity index is 1670. The van der Waals surface area contributed by atoms with Crippen LogP contribution in [0.15, 0.2) is 42.6 Å². The monoisotopic (exact) mass is 593 g/mol. The summed E-state index contributed by atoms with van der Waals surface area (Å²) in [6, 6.07) is 11.2. The minimum atomic E-state index is -1.03. The van der Waals surface area contributed by atoms with Crippen molar-refractivity contribution in [1.82, 2.24) is 19.9 Å². The van der Waals surface area contributed by atoms with Crippen molar-refractivity contribution in [3.05, 3.63) is 53.4 Å². The molecule has 42 heavy (non-hydrogen) atoms. The summed E-state index contributed by atoms with van der Waals surface area (Å²) in [5.74, 6) is 1.16. The van der Waals surface area contributed by atoms with Gasteiger partial charge in [0.15, 0.2) is 5.82 Å². The van der Waals surface area contributed by atoms with Gasteiger partial charge in [0.2, 0.25) is 0 Å². The zero-order chi connectivity index (χ0) is 28.6. The molecule has 2 aromatic carbocycles. The molecule has 4 aliphatic rings. The lowest BCUT2D eigenvalue weighted by atomic mass is 9.94. The van der Waals surface area contributed by atoms with Crippen LogP contribution in [-0.2, 0) is 0 Å². The van der Waals surface area contributed by atoms with E-state index in [2.05, 4.69) is 14.9 Å². The van der Waals surface area contributed by atoms with Crippen molar-refractivity contribution in [2.75, 3.05) is 37.7 Å². The maximum absolute atomic E-state index is 16.6. The van der Waals surface area contributed by atoms with Crippen molar-refractivity contribution in [2.24, 2.45) is 11.8 Å². The van der Waals surface area contributed by atoms with Crippen molar-refractivity contribution in [1.29, 1.82) is 0 Å². The Kier molecular flexibility index (Phi) is 6.26. The Labute approximate surface area is 246 Å². The van der Waals surface area contributed by atoms with Gasteiger partial charge >= 0.3 is 6.01 Å². The van der Waals surface area contributed by atoms with Gasteiger partial charge in [0.1, 0.15) is 36.0 Å². The first-order chi connectivity index (χ1) is 20.4. The molecule has 4 aromatic rings. The Hall–Kier alpha value is -3.17. The first kappa shape index (κ1) is 26.5. The Morgan fingerprint density at radius 2 is 1.67 bits per heavy atom. The van der Waals surface area contributed by atoms with Gasteiger partial charge in [0.05, 0.1) is 10.9 Å². The predicted octanol–water partition coefficient (Wildman–Crippen LogP) is 6.78. The third kappa shape index (κ3) is 4.30. The van der Waals surface area contributed by atoms with Crippen LogP contribution in [0, 0.1) is 17.7 Å². The molecule has 4 atom stereocenters. The number of alkyl halides is 2. The fourth-order valence-corrected chi connectivity index (χ4v) is 8.32. The molecule has 4 unspecified atom stereocenters. The van der Waals surface area contributed by atoms with Crippen LogP contribution < -0.4 is 9.64 Å². The van der Waals surface area contributed by atoms with Gasteiger partial charge in [-0.3, -0.25) is 9.88 Å². The molecule has 3 aliphatic heterocycles. The van der Waals surface area contributed by atoms with E-state index in [0.717, 1.165) is 18.5 Å². The highest BCUT2D eigenvalue weighted by Crippen LogP contribution is 2.43. The van der Waals surface area contributed by atoms with Gasteiger partial charge in [-0.2, -0.15) is 9.97 Å². The number of benzene rings is 2. The average Bonchev–Trinajstić information content (AvgIpc) is 3.58. The lowest BCUT2D eigenvalue weighted by Crippen LogP contribution is -2.43. The second-order valence-corrected chi connectivity index (χ2v) is 13.0. The Balaban J connectivity index is 1.24. The average molecular weight is 594 g/mol. The summed E-state index contributed by atoms with van der Waals surface area (Å²) in [5, 5.41) is 2.63. The molecule has 1 saturated carbocycles. The maximum Gasteiger partial charge on any atom is 0.319 e. The number of halogens is 4. The number of hydrogen-bond acceptors (Lipinski definition) is 6. The van der Waals surface area contributed by atoms with Gasteiger partial charge in [-0.05, 0) is 42.6 Å². The number of ether oxygens (including phenoxy) is 1. The van der Waals surface area contributed by atoms with E-state index in [9.17, 15) is 8.78 Å². The van der Waals surface area contributed by atoms with E-state index in [0.29, 0.717) is 39.0 Å². The number of pyridine rings is 1. The summed E-state index contributed by atoms with van der Waals surface area (Å²) in [5.41, 5.74) is 0.0855. The van der Waals surface area contributed by atoms with Crippen LogP contribution in [-0.4, -0.2) is 70.5 Å². The van der Waals surface area contributed by atoms with E-state index >= 15 is 4.39 Å². The molecule has 0 spiro atoms. The standard InChI is InChI=1S/C32H31ClF3N5O/c33-25-6-2-4-20-3-1-5-23(26(20)25)28-27(36)29-24(12-37-28)30(40-13-18-7-8-19(9-18)14-40)39-31(38-29)42-17-32-10-21(34)15-41(32)16-22(35)11-32/h1-6,12,18-19,21-22H,7-11,13-17H2. The van der Waals surface area contributed by atoms with E-state index in [1.54, 1.807) is 12.3 Å². The van der Waals surface area contributed by atoms with Crippen LogP contribution in [0.25, 0.3) is 32.9 Å². The molecule has 218 valence electrons. The third-order valence-electron chi connectivity index (χ3n) is 9.84. The van der Waals surface area contributed by atoms with Crippen LogP contribution in [0.4, 0.5) is 19.0 Å². The molecule has 3 saturated heterocycles. The molecule has 1 aliphatic carbocycles.